The standard InChI is InChI=1S/C26H28N2O5/c1-17(2)32-19-9-7-18(8-10-19)23-22-24(29)20-5-3-4-6-21(20)33-25(22)26(30)28(23)12-11-27-13-15-31-16-14-27/h3-10,17,23H,11-16H2,1-2H3/t23-/m1/s1. The Balaban J connectivity index is 1.55. The molecule has 2 aliphatic rings. The number of ether oxygens (including phenoxy) is 2. The lowest BCUT2D eigenvalue weighted by Crippen LogP contribution is -2.42. The van der Waals surface area contributed by atoms with Crippen molar-refractivity contribution in [1.82, 2.24) is 9.80 Å². The second kappa shape index (κ2) is 9.00. The zero-order chi connectivity index (χ0) is 22.9. The minimum absolute atomic E-state index is 0.0630. The van der Waals surface area contributed by atoms with Gasteiger partial charge in [0, 0.05) is 26.2 Å². The number of hydrogen-bond acceptors (Lipinski definition) is 6. The summed E-state index contributed by atoms with van der Waals surface area (Å²) >= 11 is 0. The Morgan fingerprint density at radius 1 is 1.00 bits per heavy atom. The lowest BCUT2D eigenvalue weighted by molar-refractivity contribution is 0.0314. The Hall–Kier alpha value is -3.16. The molecule has 0 radical (unpaired) electrons. The fraction of sp³-hybridized carbons (Fsp3) is 0.385. The molecule has 3 heterocycles. The van der Waals surface area contributed by atoms with E-state index in [1.807, 2.05) is 44.2 Å². The van der Waals surface area contributed by atoms with Gasteiger partial charge in [-0.05, 0) is 43.7 Å². The molecule has 0 saturated carbocycles. The van der Waals surface area contributed by atoms with Crippen LogP contribution >= 0.6 is 0 Å². The Bertz CT molecular complexity index is 1210. The van der Waals surface area contributed by atoms with Gasteiger partial charge in [-0.3, -0.25) is 14.5 Å². The summed E-state index contributed by atoms with van der Waals surface area (Å²) in [6.45, 7) is 8.22. The molecule has 172 valence electrons. The molecule has 0 unspecified atom stereocenters. The first-order valence-corrected chi connectivity index (χ1v) is 11.5. The highest BCUT2D eigenvalue weighted by molar-refractivity contribution is 5.99. The van der Waals surface area contributed by atoms with Crippen molar-refractivity contribution in [2.75, 3.05) is 39.4 Å². The maximum absolute atomic E-state index is 13.5. The molecule has 2 aliphatic heterocycles. The predicted octanol–water partition coefficient (Wildman–Crippen LogP) is 3.46. The molecule has 1 amide bonds. The van der Waals surface area contributed by atoms with Crippen molar-refractivity contribution < 1.29 is 18.7 Å². The molecule has 2 aromatic carbocycles. The van der Waals surface area contributed by atoms with Crippen LogP contribution in [0.1, 0.15) is 41.6 Å². The quantitative estimate of drug-likeness (QED) is 0.575. The van der Waals surface area contributed by atoms with Gasteiger partial charge in [-0.2, -0.15) is 0 Å². The van der Waals surface area contributed by atoms with Crippen LogP contribution in [-0.2, 0) is 4.74 Å². The van der Waals surface area contributed by atoms with E-state index in [4.69, 9.17) is 13.9 Å². The van der Waals surface area contributed by atoms with E-state index in [1.165, 1.54) is 0 Å². The summed E-state index contributed by atoms with van der Waals surface area (Å²) < 4.78 is 17.2. The summed E-state index contributed by atoms with van der Waals surface area (Å²) in [6.07, 6.45) is 0.0630. The van der Waals surface area contributed by atoms with Gasteiger partial charge in [0.2, 0.25) is 5.76 Å². The van der Waals surface area contributed by atoms with Gasteiger partial charge in [0.1, 0.15) is 11.3 Å². The lowest BCUT2D eigenvalue weighted by atomic mass is 9.98. The second-order valence-corrected chi connectivity index (χ2v) is 8.76. The molecule has 3 aromatic rings. The molecule has 1 atom stereocenters. The molecule has 1 saturated heterocycles. The van der Waals surface area contributed by atoms with Gasteiger partial charge in [0.15, 0.2) is 5.43 Å². The summed E-state index contributed by atoms with van der Waals surface area (Å²) in [5, 5.41) is 0.490. The third-order valence-electron chi connectivity index (χ3n) is 6.20. The molecule has 5 rings (SSSR count). The topological polar surface area (TPSA) is 72.2 Å². The van der Waals surface area contributed by atoms with Crippen molar-refractivity contribution in [2.24, 2.45) is 0 Å². The highest BCUT2D eigenvalue weighted by Crippen LogP contribution is 2.38. The van der Waals surface area contributed by atoms with Crippen LogP contribution in [0.15, 0.2) is 57.7 Å². The number of nitrogens with zero attached hydrogens (tertiary/aromatic N) is 2. The van der Waals surface area contributed by atoms with E-state index in [0.717, 1.165) is 24.4 Å². The van der Waals surface area contributed by atoms with E-state index in [1.54, 1.807) is 23.1 Å². The van der Waals surface area contributed by atoms with Gasteiger partial charge < -0.3 is 18.8 Å². The van der Waals surface area contributed by atoms with Gasteiger partial charge in [0.05, 0.1) is 36.3 Å². The number of rotatable bonds is 6. The van der Waals surface area contributed by atoms with Gasteiger partial charge in [-0.15, -0.1) is 0 Å². The van der Waals surface area contributed by atoms with Gasteiger partial charge in [-0.1, -0.05) is 24.3 Å². The second-order valence-electron chi connectivity index (χ2n) is 8.76. The molecular weight excluding hydrogens is 420 g/mol. The van der Waals surface area contributed by atoms with Crippen molar-refractivity contribution in [3.8, 4) is 5.75 Å². The monoisotopic (exact) mass is 448 g/mol. The van der Waals surface area contributed by atoms with E-state index in [0.29, 0.717) is 42.8 Å². The average molecular weight is 449 g/mol. The normalized spacial score (nSPS) is 18.8. The van der Waals surface area contributed by atoms with Crippen molar-refractivity contribution in [2.45, 2.75) is 26.0 Å². The highest BCUT2D eigenvalue weighted by atomic mass is 16.5. The first-order chi connectivity index (χ1) is 16.0. The molecule has 7 heteroatoms. The zero-order valence-electron chi connectivity index (χ0n) is 19.0. The van der Waals surface area contributed by atoms with Gasteiger partial charge >= 0.3 is 0 Å². The van der Waals surface area contributed by atoms with Gasteiger partial charge in [-0.25, -0.2) is 0 Å². The van der Waals surface area contributed by atoms with Gasteiger partial charge in [0.25, 0.3) is 5.91 Å². The average Bonchev–Trinajstić information content (AvgIpc) is 3.10. The minimum Gasteiger partial charge on any atom is -0.491 e. The fourth-order valence-corrected chi connectivity index (χ4v) is 4.62. The number of carbonyl (C=O) groups excluding carboxylic acids is 1. The number of amides is 1. The van der Waals surface area contributed by atoms with Crippen LogP contribution in [-0.4, -0.2) is 61.2 Å². The summed E-state index contributed by atoms with van der Waals surface area (Å²) in [6, 6.07) is 14.2. The largest absolute Gasteiger partial charge is 0.491 e. The molecule has 0 aliphatic carbocycles. The summed E-state index contributed by atoms with van der Waals surface area (Å²) in [5.74, 6) is 0.658. The number of para-hydroxylation sites is 1. The van der Waals surface area contributed by atoms with E-state index in [2.05, 4.69) is 4.90 Å². The maximum Gasteiger partial charge on any atom is 0.290 e. The first-order valence-electron chi connectivity index (χ1n) is 11.5. The lowest BCUT2D eigenvalue weighted by Gasteiger charge is -2.31. The molecule has 1 fully saturated rings. The van der Waals surface area contributed by atoms with E-state index < -0.39 is 6.04 Å². The summed E-state index contributed by atoms with van der Waals surface area (Å²) in [4.78, 5) is 31.1. The predicted molar refractivity (Wildman–Crippen MR) is 125 cm³/mol. The van der Waals surface area contributed by atoms with Crippen molar-refractivity contribution in [3.05, 3.63) is 75.6 Å². The van der Waals surface area contributed by atoms with Crippen LogP contribution in [0.2, 0.25) is 0 Å². The Kier molecular flexibility index (Phi) is 5.91. The van der Waals surface area contributed by atoms with Crippen LogP contribution < -0.4 is 10.2 Å². The van der Waals surface area contributed by atoms with Crippen LogP contribution in [0.5, 0.6) is 5.75 Å². The molecule has 0 spiro atoms. The summed E-state index contributed by atoms with van der Waals surface area (Å²) in [5.41, 5.74) is 1.56. The Labute approximate surface area is 192 Å². The third-order valence-corrected chi connectivity index (χ3v) is 6.20. The third kappa shape index (κ3) is 4.14. The number of benzene rings is 2. The van der Waals surface area contributed by atoms with E-state index in [9.17, 15) is 9.59 Å². The summed E-state index contributed by atoms with van der Waals surface area (Å²) in [7, 11) is 0. The maximum atomic E-state index is 13.5. The van der Waals surface area contributed by atoms with Crippen molar-refractivity contribution in [1.29, 1.82) is 0 Å². The van der Waals surface area contributed by atoms with Crippen LogP contribution in [0.4, 0.5) is 0 Å². The molecule has 33 heavy (non-hydrogen) atoms. The number of hydrogen-bond donors (Lipinski definition) is 0. The van der Waals surface area contributed by atoms with Crippen LogP contribution in [0, 0.1) is 0 Å². The molecular formula is C26H28N2O5. The van der Waals surface area contributed by atoms with E-state index in [-0.39, 0.29) is 23.2 Å². The SMILES string of the molecule is CC(C)Oc1ccc([C@@H]2c3c(oc4ccccc4c3=O)C(=O)N2CCN2CCOCC2)cc1. The Morgan fingerprint density at radius 2 is 1.73 bits per heavy atom. The fourth-order valence-electron chi connectivity index (χ4n) is 4.62. The molecule has 0 bridgehead atoms. The smallest absolute Gasteiger partial charge is 0.290 e. The highest BCUT2D eigenvalue weighted by Gasteiger charge is 2.42. The molecule has 7 nitrogen and oxygen atoms in total. The first kappa shape index (κ1) is 21.7. The molecule has 0 N–H and O–H groups in total. The van der Waals surface area contributed by atoms with Crippen LogP contribution in [0.3, 0.4) is 0 Å². The van der Waals surface area contributed by atoms with Crippen molar-refractivity contribution >= 4 is 16.9 Å². The van der Waals surface area contributed by atoms with Crippen LogP contribution in [0.25, 0.3) is 11.0 Å². The number of morpholine rings is 1. The zero-order valence-corrected chi connectivity index (χ0v) is 19.0. The number of carbonyl (C=O) groups is 1. The Morgan fingerprint density at radius 3 is 2.45 bits per heavy atom. The number of fused-ring (bicyclic) bond motifs is 2. The molecule has 1 aromatic heterocycles. The minimum atomic E-state index is -0.498. The van der Waals surface area contributed by atoms with Crippen molar-refractivity contribution in [3.63, 3.8) is 0 Å². The van der Waals surface area contributed by atoms with E-state index >= 15 is 0 Å².